The number of rotatable bonds is 6. The standard InChI is InChI=1S/C17H22N6O2/c1-18-17(24)14-4-3-6-20-16(14)21-9-12-8-13(25-2)10-23(12)15-5-7-19-11-22-15/h3-7,11-13H,8-10H2,1-2H3,(H,18,24)(H,20,21)/t12-,13-/m1/s1. The van der Waals surface area contributed by atoms with E-state index in [0.717, 1.165) is 18.8 Å². The predicted molar refractivity (Wildman–Crippen MR) is 94.7 cm³/mol. The number of aromatic nitrogens is 3. The van der Waals surface area contributed by atoms with Crippen LogP contribution >= 0.6 is 0 Å². The Balaban J connectivity index is 1.74. The minimum absolute atomic E-state index is 0.143. The molecule has 0 radical (unpaired) electrons. The molecule has 1 aliphatic heterocycles. The van der Waals surface area contributed by atoms with Gasteiger partial charge in [0.15, 0.2) is 0 Å². The first-order valence-electron chi connectivity index (χ1n) is 8.19. The highest BCUT2D eigenvalue weighted by molar-refractivity contribution is 5.98. The summed E-state index contributed by atoms with van der Waals surface area (Å²) in [5.74, 6) is 1.28. The van der Waals surface area contributed by atoms with Crippen LogP contribution in [0.4, 0.5) is 11.6 Å². The lowest BCUT2D eigenvalue weighted by Crippen LogP contribution is -2.36. The molecule has 1 amide bonds. The molecule has 0 saturated carbocycles. The van der Waals surface area contributed by atoms with Gasteiger partial charge in [0.1, 0.15) is 18.0 Å². The van der Waals surface area contributed by atoms with Crippen molar-refractivity contribution in [3.8, 4) is 0 Å². The van der Waals surface area contributed by atoms with Gasteiger partial charge < -0.3 is 20.3 Å². The van der Waals surface area contributed by atoms with Gasteiger partial charge in [0, 0.05) is 39.6 Å². The van der Waals surface area contributed by atoms with Gasteiger partial charge in [-0.3, -0.25) is 4.79 Å². The molecular weight excluding hydrogens is 320 g/mol. The van der Waals surface area contributed by atoms with Crippen molar-refractivity contribution >= 4 is 17.5 Å². The number of pyridine rings is 1. The van der Waals surface area contributed by atoms with Crippen LogP contribution in [-0.4, -0.2) is 60.3 Å². The molecule has 1 fully saturated rings. The van der Waals surface area contributed by atoms with E-state index in [-0.39, 0.29) is 18.1 Å². The van der Waals surface area contributed by atoms with Crippen LogP contribution in [0, 0.1) is 0 Å². The molecule has 8 nitrogen and oxygen atoms in total. The number of amides is 1. The van der Waals surface area contributed by atoms with Crippen LogP contribution in [0.15, 0.2) is 36.9 Å². The Morgan fingerprint density at radius 2 is 2.24 bits per heavy atom. The summed E-state index contributed by atoms with van der Waals surface area (Å²) in [7, 11) is 3.33. The lowest BCUT2D eigenvalue weighted by atomic mass is 10.2. The molecule has 1 aliphatic rings. The second-order valence-corrected chi connectivity index (χ2v) is 5.83. The van der Waals surface area contributed by atoms with E-state index >= 15 is 0 Å². The molecule has 1 saturated heterocycles. The first-order chi connectivity index (χ1) is 12.2. The Kier molecular flexibility index (Phi) is 5.39. The summed E-state index contributed by atoms with van der Waals surface area (Å²) in [6, 6.07) is 5.57. The van der Waals surface area contributed by atoms with Gasteiger partial charge in [0.25, 0.3) is 5.91 Å². The fourth-order valence-corrected chi connectivity index (χ4v) is 3.05. The number of ether oxygens (including phenoxy) is 1. The molecule has 2 aromatic heterocycles. The SMILES string of the molecule is CNC(=O)c1cccnc1NC[C@H]1C[C@@H](OC)CN1c1ccncn1. The molecule has 2 atom stereocenters. The van der Waals surface area contributed by atoms with E-state index in [4.69, 9.17) is 4.74 Å². The van der Waals surface area contributed by atoms with E-state index in [1.54, 1.807) is 45.0 Å². The normalized spacial score (nSPS) is 19.7. The number of nitrogens with one attached hydrogen (secondary N) is 2. The van der Waals surface area contributed by atoms with Crippen molar-refractivity contribution in [3.63, 3.8) is 0 Å². The zero-order valence-electron chi connectivity index (χ0n) is 14.3. The van der Waals surface area contributed by atoms with E-state index in [2.05, 4.69) is 30.5 Å². The minimum atomic E-state index is -0.163. The van der Waals surface area contributed by atoms with E-state index < -0.39 is 0 Å². The Bertz CT molecular complexity index is 711. The molecule has 25 heavy (non-hydrogen) atoms. The monoisotopic (exact) mass is 342 g/mol. The lowest BCUT2D eigenvalue weighted by Gasteiger charge is -2.25. The van der Waals surface area contributed by atoms with E-state index in [9.17, 15) is 4.79 Å². The van der Waals surface area contributed by atoms with Crippen LogP contribution in [-0.2, 0) is 4.74 Å². The summed E-state index contributed by atoms with van der Waals surface area (Å²) in [6.07, 6.45) is 5.96. The Labute approximate surface area is 146 Å². The molecule has 0 bridgehead atoms. The minimum Gasteiger partial charge on any atom is -0.380 e. The summed E-state index contributed by atoms with van der Waals surface area (Å²) >= 11 is 0. The summed E-state index contributed by atoms with van der Waals surface area (Å²) < 4.78 is 5.53. The highest BCUT2D eigenvalue weighted by Gasteiger charge is 2.33. The molecule has 2 aromatic rings. The molecule has 0 unspecified atom stereocenters. The van der Waals surface area contributed by atoms with Crippen LogP contribution < -0.4 is 15.5 Å². The van der Waals surface area contributed by atoms with Crippen molar-refractivity contribution in [2.75, 3.05) is 37.5 Å². The predicted octanol–water partition coefficient (Wildman–Crippen LogP) is 0.937. The molecule has 0 aliphatic carbocycles. The molecule has 0 aromatic carbocycles. The van der Waals surface area contributed by atoms with Gasteiger partial charge >= 0.3 is 0 Å². The van der Waals surface area contributed by atoms with Gasteiger partial charge in [-0.05, 0) is 24.6 Å². The quantitative estimate of drug-likeness (QED) is 0.807. The van der Waals surface area contributed by atoms with Gasteiger partial charge in [0.2, 0.25) is 0 Å². The van der Waals surface area contributed by atoms with Gasteiger partial charge in [-0.2, -0.15) is 0 Å². The Morgan fingerprint density at radius 3 is 2.96 bits per heavy atom. The smallest absolute Gasteiger partial charge is 0.254 e. The van der Waals surface area contributed by atoms with Gasteiger partial charge in [-0.25, -0.2) is 15.0 Å². The zero-order chi connectivity index (χ0) is 17.6. The third-order valence-corrected chi connectivity index (χ3v) is 4.35. The van der Waals surface area contributed by atoms with Crippen LogP contribution in [0.5, 0.6) is 0 Å². The largest absolute Gasteiger partial charge is 0.380 e. The van der Waals surface area contributed by atoms with Crippen LogP contribution in [0.25, 0.3) is 0 Å². The molecule has 3 rings (SSSR count). The van der Waals surface area contributed by atoms with Crippen molar-refractivity contribution in [1.82, 2.24) is 20.3 Å². The number of nitrogens with zero attached hydrogens (tertiary/aromatic N) is 4. The number of anilines is 2. The second kappa shape index (κ2) is 7.89. The summed E-state index contributed by atoms with van der Waals surface area (Å²) in [5, 5.41) is 5.94. The number of carbonyl (C=O) groups excluding carboxylic acids is 1. The average Bonchev–Trinajstić information content (AvgIpc) is 3.10. The highest BCUT2D eigenvalue weighted by Crippen LogP contribution is 2.25. The van der Waals surface area contributed by atoms with Crippen LogP contribution in [0.2, 0.25) is 0 Å². The first kappa shape index (κ1) is 17.1. The average molecular weight is 342 g/mol. The maximum absolute atomic E-state index is 12.0. The lowest BCUT2D eigenvalue weighted by molar-refractivity contribution is 0.0963. The van der Waals surface area contributed by atoms with E-state index in [1.807, 2.05) is 6.07 Å². The van der Waals surface area contributed by atoms with E-state index in [1.165, 1.54) is 0 Å². The van der Waals surface area contributed by atoms with Crippen molar-refractivity contribution in [3.05, 3.63) is 42.5 Å². The maximum atomic E-state index is 12.0. The van der Waals surface area contributed by atoms with Gasteiger partial charge in [0.05, 0.1) is 17.7 Å². The van der Waals surface area contributed by atoms with E-state index in [0.29, 0.717) is 17.9 Å². The fourth-order valence-electron chi connectivity index (χ4n) is 3.05. The fraction of sp³-hybridized carbons (Fsp3) is 0.412. The Morgan fingerprint density at radius 1 is 1.36 bits per heavy atom. The molecular formula is C17H22N6O2. The summed E-state index contributed by atoms with van der Waals surface area (Å²) in [5.41, 5.74) is 0.528. The van der Waals surface area contributed by atoms with Crippen molar-refractivity contribution in [1.29, 1.82) is 0 Å². The van der Waals surface area contributed by atoms with Crippen molar-refractivity contribution < 1.29 is 9.53 Å². The number of methoxy groups -OCH3 is 1. The topological polar surface area (TPSA) is 92.3 Å². The van der Waals surface area contributed by atoms with Gasteiger partial charge in [-0.15, -0.1) is 0 Å². The van der Waals surface area contributed by atoms with Crippen molar-refractivity contribution in [2.45, 2.75) is 18.6 Å². The summed E-state index contributed by atoms with van der Waals surface area (Å²) in [6.45, 7) is 1.40. The molecule has 8 heteroatoms. The van der Waals surface area contributed by atoms with Gasteiger partial charge in [-0.1, -0.05) is 0 Å². The molecule has 2 N–H and O–H groups in total. The number of hydrogen-bond acceptors (Lipinski definition) is 7. The summed E-state index contributed by atoms with van der Waals surface area (Å²) in [4.78, 5) is 26.8. The number of carbonyl (C=O) groups is 1. The Hall–Kier alpha value is -2.74. The van der Waals surface area contributed by atoms with Crippen molar-refractivity contribution in [2.24, 2.45) is 0 Å². The second-order valence-electron chi connectivity index (χ2n) is 5.83. The highest BCUT2D eigenvalue weighted by atomic mass is 16.5. The molecule has 132 valence electrons. The molecule has 0 spiro atoms. The molecule has 3 heterocycles. The maximum Gasteiger partial charge on any atom is 0.254 e. The number of hydrogen-bond donors (Lipinski definition) is 2. The first-order valence-corrected chi connectivity index (χ1v) is 8.19. The van der Waals surface area contributed by atoms with Crippen LogP contribution in [0.3, 0.4) is 0 Å². The third-order valence-electron chi connectivity index (χ3n) is 4.35. The van der Waals surface area contributed by atoms with Crippen LogP contribution in [0.1, 0.15) is 16.8 Å². The third kappa shape index (κ3) is 3.85. The zero-order valence-corrected chi connectivity index (χ0v) is 14.3.